The first kappa shape index (κ1) is 18.5. The first-order valence-electron chi connectivity index (χ1n) is 9.89. The highest BCUT2D eigenvalue weighted by Crippen LogP contribution is 2.18. The van der Waals surface area contributed by atoms with Crippen LogP contribution in [-0.4, -0.2) is 78.2 Å². The number of carbonyl (C=O) groups excluding carboxylic acids is 1. The summed E-state index contributed by atoms with van der Waals surface area (Å²) in [4.78, 5) is 28.3. The van der Waals surface area contributed by atoms with Crippen molar-refractivity contribution in [2.45, 2.75) is 25.8 Å². The predicted molar refractivity (Wildman–Crippen MR) is 110 cm³/mol. The molecule has 3 heterocycles. The number of hydrogen-bond donors (Lipinski definition) is 0. The number of aliphatic imine (C=N–C) groups is 2. The molecule has 0 aromatic heterocycles. The van der Waals surface area contributed by atoms with Crippen LogP contribution in [0.3, 0.4) is 0 Å². The van der Waals surface area contributed by atoms with Crippen molar-refractivity contribution < 1.29 is 9.53 Å². The molecule has 0 radical (unpaired) electrons. The number of carbonyl (C=O) groups is 1. The van der Waals surface area contributed by atoms with Crippen LogP contribution in [0.4, 0.5) is 0 Å². The van der Waals surface area contributed by atoms with E-state index in [1.54, 1.807) is 7.11 Å². The number of amidine groups is 2. The van der Waals surface area contributed by atoms with Crippen molar-refractivity contribution in [2.24, 2.45) is 9.98 Å². The Bertz CT molecular complexity index is 824. The van der Waals surface area contributed by atoms with E-state index in [1.165, 1.54) is 0 Å². The molecule has 7 nitrogen and oxygen atoms in total. The number of benzene rings is 1. The number of aryl methyl sites for hydroxylation is 1. The van der Waals surface area contributed by atoms with Crippen LogP contribution < -0.4 is 4.74 Å². The second-order valence-electron chi connectivity index (χ2n) is 7.42. The van der Waals surface area contributed by atoms with Gasteiger partial charge >= 0.3 is 0 Å². The molecule has 148 valence electrons. The van der Waals surface area contributed by atoms with Gasteiger partial charge in [0.05, 0.1) is 13.2 Å². The average Bonchev–Trinajstić information content (AvgIpc) is 3.12. The maximum atomic E-state index is 12.6. The van der Waals surface area contributed by atoms with Gasteiger partial charge in [-0.1, -0.05) is 12.1 Å². The zero-order valence-electron chi connectivity index (χ0n) is 16.5. The molecule has 1 amide bonds. The molecule has 0 unspecified atom stereocenters. The van der Waals surface area contributed by atoms with Crippen LogP contribution in [0.15, 0.2) is 46.7 Å². The van der Waals surface area contributed by atoms with Crippen molar-refractivity contribution in [1.29, 1.82) is 0 Å². The fourth-order valence-corrected chi connectivity index (χ4v) is 3.88. The lowest BCUT2D eigenvalue weighted by molar-refractivity contribution is -0.132. The average molecular weight is 381 g/mol. The van der Waals surface area contributed by atoms with Crippen molar-refractivity contribution in [3.05, 3.63) is 42.2 Å². The molecular weight excluding hydrogens is 354 g/mol. The first-order chi connectivity index (χ1) is 13.6. The van der Waals surface area contributed by atoms with Crippen LogP contribution in [0.5, 0.6) is 5.75 Å². The monoisotopic (exact) mass is 381 g/mol. The zero-order chi connectivity index (χ0) is 19.5. The zero-order valence-corrected chi connectivity index (χ0v) is 16.5. The summed E-state index contributed by atoms with van der Waals surface area (Å²) in [7, 11) is 1.66. The number of rotatable bonds is 4. The molecule has 1 saturated heterocycles. The Morgan fingerprint density at radius 3 is 2.82 bits per heavy atom. The van der Waals surface area contributed by atoms with Crippen LogP contribution in [0.25, 0.3) is 0 Å². The number of piperazine rings is 1. The molecule has 1 atom stereocenters. The van der Waals surface area contributed by atoms with Gasteiger partial charge < -0.3 is 19.4 Å². The summed E-state index contributed by atoms with van der Waals surface area (Å²) in [6.07, 6.45) is 5.09. The normalized spacial score (nSPS) is 21.4. The molecule has 3 aliphatic rings. The Morgan fingerprint density at radius 1 is 1.21 bits per heavy atom. The largest absolute Gasteiger partial charge is 0.497 e. The van der Waals surface area contributed by atoms with E-state index in [-0.39, 0.29) is 5.91 Å². The van der Waals surface area contributed by atoms with E-state index in [0.29, 0.717) is 12.5 Å². The third-order valence-electron chi connectivity index (χ3n) is 5.41. The standard InChI is InChI=1S/C21H27N5O2/c1-16-15-26-9-8-22-20(21(26)23-16)25-12-10-24(11-13-25)19(27)7-6-17-4-3-5-18(14-17)28-2/h3-5,8-9,14,16H,6-7,10-13,15H2,1-2H3/t16-/m0/s1. The highest BCUT2D eigenvalue weighted by Gasteiger charge is 2.31. The van der Waals surface area contributed by atoms with Crippen molar-refractivity contribution in [2.75, 3.05) is 39.8 Å². The summed E-state index contributed by atoms with van der Waals surface area (Å²) < 4.78 is 5.25. The highest BCUT2D eigenvalue weighted by molar-refractivity contribution is 6.41. The topological polar surface area (TPSA) is 60.7 Å². The Morgan fingerprint density at radius 2 is 2.04 bits per heavy atom. The third-order valence-corrected chi connectivity index (χ3v) is 5.41. The fraction of sp³-hybridized carbons (Fsp3) is 0.476. The lowest BCUT2D eigenvalue weighted by atomic mass is 10.1. The Kier molecular flexibility index (Phi) is 5.32. The lowest BCUT2D eigenvalue weighted by Gasteiger charge is -2.37. The van der Waals surface area contributed by atoms with Crippen molar-refractivity contribution in [3.63, 3.8) is 0 Å². The van der Waals surface area contributed by atoms with Crippen LogP contribution in [0, 0.1) is 0 Å². The molecule has 1 fully saturated rings. The van der Waals surface area contributed by atoms with Gasteiger partial charge in [0.2, 0.25) is 5.91 Å². The van der Waals surface area contributed by atoms with E-state index < -0.39 is 0 Å². The van der Waals surface area contributed by atoms with E-state index >= 15 is 0 Å². The van der Waals surface area contributed by atoms with Crippen LogP contribution >= 0.6 is 0 Å². The molecule has 7 heteroatoms. The summed E-state index contributed by atoms with van der Waals surface area (Å²) >= 11 is 0. The summed E-state index contributed by atoms with van der Waals surface area (Å²) in [5, 5.41) is 0. The second-order valence-corrected chi connectivity index (χ2v) is 7.42. The smallest absolute Gasteiger partial charge is 0.223 e. The van der Waals surface area contributed by atoms with Gasteiger partial charge in [0.25, 0.3) is 0 Å². The van der Waals surface area contributed by atoms with E-state index in [0.717, 1.165) is 62.1 Å². The lowest BCUT2D eigenvalue weighted by Crippen LogP contribution is -2.53. The van der Waals surface area contributed by atoms with Crippen molar-refractivity contribution in [3.8, 4) is 5.75 Å². The predicted octanol–water partition coefficient (Wildman–Crippen LogP) is 1.76. The highest BCUT2D eigenvalue weighted by atomic mass is 16.5. The maximum absolute atomic E-state index is 12.6. The van der Waals surface area contributed by atoms with Crippen molar-refractivity contribution in [1.82, 2.24) is 14.7 Å². The Labute approximate surface area is 166 Å². The Hall–Kier alpha value is -2.83. The van der Waals surface area contributed by atoms with E-state index in [9.17, 15) is 4.79 Å². The van der Waals surface area contributed by atoms with Gasteiger partial charge in [0, 0.05) is 51.5 Å². The quantitative estimate of drug-likeness (QED) is 0.797. The minimum atomic E-state index is 0.210. The first-order valence-corrected chi connectivity index (χ1v) is 9.89. The molecule has 1 aromatic carbocycles. The van der Waals surface area contributed by atoms with Crippen molar-refractivity contribution >= 4 is 17.6 Å². The molecule has 28 heavy (non-hydrogen) atoms. The summed E-state index contributed by atoms with van der Waals surface area (Å²) in [5.41, 5.74) is 1.13. The Balaban J connectivity index is 1.30. The molecule has 0 bridgehead atoms. The van der Waals surface area contributed by atoms with E-state index in [2.05, 4.69) is 21.7 Å². The SMILES string of the molecule is COc1cccc(CCC(=O)N2CCN(C3=NC=CN4C[C@H](C)N=C34)CC2)c1. The van der Waals surface area contributed by atoms with Crippen LogP contribution in [-0.2, 0) is 11.2 Å². The maximum Gasteiger partial charge on any atom is 0.223 e. The van der Waals surface area contributed by atoms with Gasteiger partial charge in [-0.2, -0.15) is 0 Å². The number of nitrogens with zero attached hydrogens (tertiary/aromatic N) is 5. The third kappa shape index (κ3) is 3.88. The molecule has 0 spiro atoms. The van der Waals surface area contributed by atoms with Gasteiger partial charge in [0.15, 0.2) is 11.7 Å². The summed E-state index contributed by atoms with van der Waals surface area (Å²) in [5.74, 6) is 2.95. The second kappa shape index (κ2) is 8.04. The van der Waals surface area contributed by atoms with Gasteiger partial charge in [-0.15, -0.1) is 0 Å². The van der Waals surface area contributed by atoms with Gasteiger partial charge in [-0.25, -0.2) is 4.99 Å². The van der Waals surface area contributed by atoms with Crippen LogP contribution in [0.1, 0.15) is 18.9 Å². The number of fused-ring (bicyclic) bond motifs is 1. The molecule has 1 aromatic rings. The molecule has 0 N–H and O–H groups in total. The summed E-state index contributed by atoms with van der Waals surface area (Å²) in [6, 6.07) is 8.21. The van der Waals surface area contributed by atoms with Gasteiger partial charge in [-0.05, 0) is 31.0 Å². The number of hydrogen-bond acceptors (Lipinski definition) is 6. The number of amides is 1. The van der Waals surface area contributed by atoms with E-state index in [4.69, 9.17) is 9.73 Å². The number of methoxy groups -OCH3 is 1. The van der Waals surface area contributed by atoms with E-state index in [1.807, 2.05) is 41.6 Å². The van der Waals surface area contributed by atoms with Gasteiger partial charge in [0.1, 0.15) is 5.75 Å². The molecule has 4 rings (SSSR count). The fourth-order valence-electron chi connectivity index (χ4n) is 3.88. The number of ether oxygens (including phenoxy) is 1. The minimum Gasteiger partial charge on any atom is -0.497 e. The van der Waals surface area contributed by atoms with Crippen LogP contribution in [0.2, 0.25) is 0 Å². The van der Waals surface area contributed by atoms with Gasteiger partial charge in [-0.3, -0.25) is 9.79 Å². The molecule has 0 saturated carbocycles. The molecular formula is C21H27N5O2. The molecule has 3 aliphatic heterocycles. The minimum absolute atomic E-state index is 0.210. The summed E-state index contributed by atoms with van der Waals surface area (Å²) in [6.45, 7) is 6.06. The molecule has 0 aliphatic carbocycles.